The van der Waals surface area contributed by atoms with Crippen LogP contribution in [0.4, 0.5) is 0 Å². The lowest BCUT2D eigenvalue weighted by molar-refractivity contribution is -0.137. The normalized spacial score (nSPS) is 10.7. The minimum Gasteiger partial charge on any atom is -0.481 e. The van der Waals surface area contributed by atoms with E-state index in [1.54, 1.807) is 0 Å². The van der Waals surface area contributed by atoms with Crippen LogP contribution < -0.4 is 0 Å². The molecule has 3 rings (SSSR count). The Bertz CT molecular complexity index is 858. The molecular weight excluding hydrogens is 306 g/mol. The van der Waals surface area contributed by atoms with Crippen LogP contribution in [0.5, 0.6) is 0 Å². The molecule has 0 saturated heterocycles. The summed E-state index contributed by atoms with van der Waals surface area (Å²) in [6.07, 6.45) is -0.110. The number of fused-ring (bicyclic) bond motifs is 1. The number of hydrogen-bond donors (Lipinski definition) is 2. The molecule has 0 spiro atoms. The van der Waals surface area contributed by atoms with Gasteiger partial charge in [0.15, 0.2) is 5.69 Å². The van der Waals surface area contributed by atoms with Gasteiger partial charge in [-0.2, -0.15) is 5.10 Å². The van der Waals surface area contributed by atoms with E-state index in [0.717, 1.165) is 16.5 Å². The molecule has 3 aromatic rings. The Hall–Kier alpha value is -3.15. The molecule has 1 heterocycles. The number of carbonyl (C=O) groups excluding carboxylic acids is 1. The summed E-state index contributed by atoms with van der Waals surface area (Å²) in [6, 6.07) is 16.9. The molecule has 24 heavy (non-hydrogen) atoms. The number of nitrogens with zero attached hydrogens (tertiary/aromatic N) is 2. The molecule has 0 aliphatic carbocycles. The Labute approximate surface area is 138 Å². The van der Waals surface area contributed by atoms with Crippen LogP contribution in [0.25, 0.3) is 10.9 Å². The van der Waals surface area contributed by atoms with E-state index in [4.69, 9.17) is 5.11 Å². The smallest absolute Gasteiger partial charge is 0.305 e. The fourth-order valence-electron chi connectivity index (χ4n) is 2.56. The molecule has 2 aromatic carbocycles. The highest BCUT2D eigenvalue weighted by Gasteiger charge is 2.21. The zero-order valence-electron chi connectivity index (χ0n) is 13.0. The average Bonchev–Trinajstić information content (AvgIpc) is 3.03. The number of rotatable bonds is 6. The van der Waals surface area contributed by atoms with Crippen molar-refractivity contribution in [1.29, 1.82) is 0 Å². The lowest BCUT2D eigenvalue weighted by atomic mass is 10.1. The topological polar surface area (TPSA) is 86.3 Å². The lowest BCUT2D eigenvalue weighted by Crippen LogP contribution is -2.33. The summed E-state index contributed by atoms with van der Waals surface area (Å²) in [7, 11) is 0. The highest BCUT2D eigenvalue weighted by atomic mass is 16.4. The van der Waals surface area contributed by atoms with Gasteiger partial charge in [-0.25, -0.2) is 0 Å². The molecule has 122 valence electrons. The third-order valence-electron chi connectivity index (χ3n) is 3.77. The zero-order chi connectivity index (χ0) is 16.9. The number of nitrogens with one attached hydrogen (secondary N) is 1. The predicted molar refractivity (Wildman–Crippen MR) is 89.5 cm³/mol. The van der Waals surface area contributed by atoms with Gasteiger partial charge >= 0.3 is 5.97 Å². The van der Waals surface area contributed by atoms with Crippen LogP contribution in [0, 0.1) is 0 Å². The summed E-state index contributed by atoms with van der Waals surface area (Å²) in [5, 5.41) is 16.6. The molecule has 0 saturated carbocycles. The first-order chi connectivity index (χ1) is 11.6. The molecule has 1 aromatic heterocycles. The molecule has 0 aliphatic rings. The summed E-state index contributed by atoms with van der Waals surface area (Å²) in [4.78, 5) is 25.3. The number of amides is 1. The summed E-state index contributed by atoms with van der Waals surface area (Å²) in [5.41, 5.74) is 2.03. The number of carbonyl (C=O) groups is 2. The molecule has 2 N–H and O–H groups in total. The molecule has 1 amide bonds. The van der Waals surface area contributed by atoms with Crippen molar-refractivity contribution in [2.45, 2.75) is 13.0 Å². The Morgan fingerprint density at radius 1 is 1.04 bits per heavy atom. The van der Waals surface area contributed by atoms with Crippen LogP contribution >= 0.6 is 0 Å². The second-order valence-corrected chi connectivity index (χ2v) is 5.47. The van der Waals surface area contributed by atoms with Crippen LogP contribution in [-0.2, 0) is 11.3 Å². The predicted octanol–water partition coefficient (Wildman–Crippen LogP) is 2.68. The highest BCUT2D eigenvalue weighted by molar-refractivity contribution is 6.04. The summed E-state index contributed by atoms with van der Waals surface area (Å²) >= 11 is 0. The number of carboxylic acids is 1. The quantitative estimate of drug-likeness (QED) is 0.730. The zero-order valence-corrected chi connectivity index (χ0v) is 13.0. The van der Waals surface area contributed by atoms with Crippen molar-refractivity contribution in [3.63, 3.8) is 0 Å². The molecule has 0 unspecified atom stereocenters. The number of carboxylic acid groups (broad SMARTS) is 1. The first-order valence-corrected chi connectivity index (χ1v) is 7.63. The van der Waals surface area contributed by atoms with E-state index in [9.17, 15) is 9.59 Å². The van der Waals surface area contributed by atoms with Gasteiger partial charge in [0.2, 0.25) is 0 Å². The minimum absolute atomic E-state index is 0.110. The lowest BCUT2D eigenvalue weighted by Gasteiger charge is -2.21. The van der Waals surface area contributed by atoms with Gasteiger partial charge in [-0.05, 0) is 11.6 Å². The number of aliphatic carboxylic acids is 1. The second-order valence-electron chi connectivity index (χ2n) is 5.47. The Morgan fingerprint density at radius 3 is 2.50 bits per heavy atom. The molecule has 0 bridgehead atoms. The van der Waals surface area contributed by atoms with Crippen LogP contribution in [0.1, 0.15) is 22.5 Å². The van der Waals surface area contributed by atoms with Crippen molar-refractivity contribution in [1.82, 2.24) is 15.1 Å². The van der Waals surface area contributed by atoms with Crippen molar-refractivity contribution >= 4 is 22.8 Å². The van der Waals surface area contributed by atoms with Crippen molar-refractivity contribution in [3.05, 3.63) is 65.9 Å². The summed E-state index contributed by atoms with van der Waals surface area (Å²) in [6.45, 7) is 0.471. The van der Waals surface area contributed by atoms with Gasteiger partial charge in [-0.3, -0.25) is 14.7 Å². The maximum atomic E-state index is 12.9. The van der Waals surface area contributed by atoms with Crippen molar-refractivity contribution < 1.29 is 14.7 Å². The Kier molecular flexibility index (Phi) is 4.56. The number of aromatic nitrogens is 2. The second kappa shape index (κ2) is 6.95. The van der Waals surface area contributed by atoms with Crippen molar-refractivity contribution in [3.8, 4) is 0 Å². The molecule has 6 nitrogen and oxygen atoms in total. The van der Waals surface area contributed by atoms with Crippen LogP contribution in [-0.4, -0.2) is 38.6 Å². The van der Waals surface area contributed by atoms with E-state index < -0.39 is 5.97 Å². The average molecular weight is 323 g/mol. The van der Waals surface area contributed by atoms with Crippen LogP contribution in [0.3, 0.4) is 0 Å². The van der Waals surface area contributed by atoms with Gasteiger partial charge in [0.1, 0.15) is 0 Å². The molecule has 0 atom stereocenters. The first-order valence-electron chi connectivity index (χ1n) is 7.63. The number of H-pyrrole nitrogens is 1. The summed E-state index contributed by atoms with van der Waals surface area (Å²) < 4.78 is 0. The SMILES string of the molecule is O=C(O)CCN(Cc1ccccc1)C(=O)c1n[nH]c2ccccc12. The molecule has 0 fully saturated rings. The maximum Gasteiger partial charge on any atom is 0.305 e. The van der Waals surface area contributed by atoms with Crippen LogP contribution in [0.15, 0.2) is 54.6 Å². The van der Waals surface area contributed by atoms with E-state index in [-0.39, 0.29) is 18.9 Å². The van der Waals surface area contributed by atoms with Crippen molar-refractivity contribution in [2.75, 3.05) is 6.54 Å². The van der Waals surface area contributed by atoms with E-state index in [2.05, 4.69) is 10.2 Å². The molecule has 0 aliphatic heterocycles. The molecular formula is C18H17N3O3. The van der Waals surface area contributed by atoms with Crippen LogP contribution in [0.2, 0.25) is 0 Å². The number of hydrogen-bond acceptors (Lipinski definition) is 3. The van der Waals surface area contributed by atoms with E-state index in [0.29, 0.717) is 12.2 Å². The third kappa shape index (κ3) is 3.43. The van der Waals surface area contributed by atoms with Gasteiger partial charge in [0.25, 0.3) is 5.91 Å². The Morgan fingerprint density at radius 2 is 1.75 bits per heavy atom. The van der Waals surface area contributed by atoms with Gasteiger partial charge in [-0.15, -0.1) is 0 Å². The number of aromatic amines is 1. The van der Waals surface area contributed by atoms with Gasteiger partial charge < -0.3 is 10.0 Å². The Balaban J connectivity index is 1.88. The number of para-hydroxylation sites is 1. The number of benzene rings is 2. The fraction of sp³-hybridized carbons (Fsp3) is 0.167. The van der Waals surface area contributed by atoms with E-state index in [1.807, 2.05) is 54.6 Å². The van der Waals surface area contributed by atoms with E-state index in [1.165, 1.54) is 4.90 Å². The third-order valence-corrected chi connectivity index (χ3v) is 3.77. The standard InChI is InChI=1S/C18H17N3O3/c22-16(23)10-11-21(12-13-6-2-1-3-7-13)18(24)17-14-8-4-5-9-15(14)19-20-17/h1-9H,10-12H2,(H,19,20)(H,22,23). The minimum atomic E-state index is -0.937. The molecule has 6 heteroatoms. The molecule has 0 radical (unpaired) electrons. The van der Waals surface area contributed by atoms with Gasteiger partial charge in [0.05, 0.1) is 11.9 Å². The van der Waals surface area contributed by atoms with E-state index >= 15 is 0 Å². The van der Waals surface area contributed by atoms with Gasteiger partial charge in [-0.1, -0.05) is 48.5 Å². The highest BCUT2D eigenvalue weighted by Crippen LogP contribution is 2.18. The first kappa shape index (κ1) is 15.7. The summed E-state index contributed by atoms with van der Waals surface area (Å²) in [5.74, 6) is -1.22. The monoisotopic (exact) mass is 323 g/mol. The fourth-order valence-corrected chi connectivity index (χ4v) is 2.56. The largest absolute Gasteiger partial charge is 0.481 e. The van der Waals surface area contributed by atoms with Crippen molar-refractivity contribution in [2.24, 2.45) is 0 Å². The van der Waals surface area contributed by atoms with Gasteiger partial charge in [0, 0.05) is 18.5 Å². The maximum absolute atomic E-state index is 12.9.